The molecule has 2 heterocycles. The Bertz CT molecular complexity index is 917. The molecule has 1 N–H and O–H groups in total. The number of carbonyl (C=O) groups excluding carboxylic acids is 1. The standard InChI is InChI=1S/C15H15F2N3O4S/c1-24-10-6-11(16)13(12(17)7-10)25(22,23)19-15(21)14-18-8-9-4-2-3-5-20(9)14/h6-8H,2-5H2,1H3,(H,19,21). The van der Waals surface area contributed by atoms with Crippen LogP contribution in [0.15, 0.2) is 23.2 Å². The second-order valence-electron chi connectivity index (χ2n) is 5.54. The van der Waals surface area contributed by atoms with Gasteiger partial charge in [-0.25, -0.2) is 26.9 Å². The average Bonchev–Trinajstić information content (AvgIpc) is 2.97. The Labute approximate surface area is 142 Å². The molecule has 10 heteroatoms. The number of nitrogens with zero attached hydrogens (tertiary/aromatic N) is 2. The number of amides is 1. The van der Waals surface area contributed by atoms with E-state index in [-0.39, 0.29) is 11.6 Å². The molecule has 0 atom stereocenters. The van der Waals surface area contributed by atoms with Gasteiger partial charge in [0.25, 0.3) is 10.0 Å². The van der Waals surface area contributed by atoms with E-state index in [4.69, 9.17) is 0 Å². The lowest BCUT2D eigenvalue weighted by Crippen LogP contribution is -2.34. The minimum atomic E-state index is -4.76. The Morgan fingerprint density at radius 3 is 2.60 bits per heavy atom. The van der Waals surface area contributed by atoms with Gasteiger partial charge in [0.15, 0.2) is 10.7 Å². The highest BCUT2D eigenvalue weighted by Gasteiger charge is 2.29. The van der Waals surface area contributed by atoms with Crippen molar-refractivity contribution in [3.63, 3.8) is 0 Å². The van der Waals surface area contributed by atoms with E-state index < -0.39 is 32.5 Å². The van der Waals surface area contributed by atoms with Gasteiger partial charge < -0.3 is 9.30 Å². The summed E-state index contributed by atoms with van der Waals surface area (Å²) in [6, 6.07) is 1.44. The molecule has 25 heavy (non-hydrogen) atoms. The van der Waals surface area contributed by atoms with Gasteiger partial charge in [-0.05, 0) is 19.3 Å². The predicted molar refractivity (Wildman–Crippen MR) is 82.7 cm³/mol. The first-order valence-corrected chi connectivity index (χ1v) is 8.96. The molecule has 1 aliphatic rings. The van der Waals surface area contributed by atoms with Gasteiger partial charge in [-0.2, -0.15) is 0 Å². The van der Waals surface area contributed by atoms with Crippen molar-refractivity contribution >= 4 is 15.9 Å². The first-order valence-electron chi connectivity index (χ1n) is 7.48. The second kappa shape index (κ2) is 6.43. The first kappa shape index (κ1) is 17.3. The van der Waals surface area contributed by atoms with Crippen LogP contribution in [-0.4, -0.2) is 31.0 Å². The molecule has 134 valence electrons. The summed E-state index contributed by atoms with van der Waals surface area (Å²) in [5.41, 5.74) is 0.815. The van der Waals surface area contributed by atoms with Crippen LogP contribution in [0.2, 0.25) is 0 Å². The molecule has 2 aromatic rings. The minimum absolute atomic E-state index is 0.104. The summed E-state index contributed by atoms with van der Waals surface area (Å²) < 4.78 is 60.4. The van der Waals surface area contributed by atoms with Crippen LogP contribution in [0.3, 0.4) is 0 Å². The maximum atomic E-state index is 14.0. The number of halogens is 2. The van der Waals surface area contributed by atoms with Gasteiger partial charge in [0.05, 0.1) is 7.11 Å². The number of nitrogens with one attached hydrogen (secondary N) is 1. The number of imidazole rings is 1. The molecule has 3 rings (SSSR count). The van der Waals surface area contributed by atoms with Crippen molar-refractivity contribution in [2.24, 2.45) is 0 Å². The molecule has 0 radical (unpaired) electrons. The van der Waals surface area contributed by atoms with Gasteiger partial charge in [-0.3, -0.25) is 4.79 Å². The quantitative estimate of drug-likeness (QED) is 0.882. The summed E-state index contributed by atoms with van der Waals surface area (Å²) >= 11 is 0. The summed E-state index contributed by atoms with van der Waals surface area (Å²) in [5.74, 6) is -4.04. The third-order valence-corrected chi connectivity index (χ3v) is 5.29. The third-order valence-electron chi connectivity index (χ3n) is 3.91. The number of fused-ring (bicyclic) bond motifs is 1. The Morgan fingerprint density at radius 2 is 1.96 bits per heavy atom. The molecule has 0 aliphatic carbocycles. The van der Waals surface area contributed by atoms with Crippen molar-refractivity contribution in [2.75, 3.05) is 7.11 Å². The van der Waals surface area contributed by atoms with E-state index in [9.17, 15) is 22.0 Å². The van der Waals surface area contributed by atoms with Gasteiger partial charge in [-0.1, -0.05) is 0 Å². The zero-order valence-corrected chi connectivity index (χ0v) is 14.1. The van der Waals surface area contributed by atoms with Crippen LogP contribution in [0, 0.1) is 11.6 Å². The SMILES string of the molecule is COc1cc(F)c(S(=O)(=O)NC(=O)c2ncc3n2CCCC3)c(F)c1. The normalized spacial score (nSPS) is 14.0. The van der Waals surface area contributed by atoms with Crippen LogP contribution in [0.25, 0.3) is 0 Å². The van der Waals surface area contributed by atoms with Crippen molar-refractivity contribution in [3.05, 3.63) is 41.5 Å². The highest BCUT2D eigenvalue weighted by molar-refractivity contribution is 7.90. The Hall–Kier alpha value is -2.49. The van der Waals surface area contributed by atoms with Gasteiger partial charge in [0.1, 0.15) is 17.4 Å². The topological polar surface area (TPSA) is 90.3 Å². The monoisotopic (exact) mass is 371 g/mol. The molecule has 1 aromatic heterocycles. The van der Waals surface area contributed by atoms with Crippen LogP contribution >= 0.6 is 0 Å². The Balaban J connectivity index is 1.92. The molecule has 0 spiro atoms. The fourth-order valence-corrected chi connectivity index (χ4v) is 3.82. The molecule has 0 saturated heterocycles. The van der Waals surface area contributed by atoms with E-state index in [1.807, 2.05) is 0 Å². The number of carbonyl (C=O) groups is 1. The summed E-state index contributed by atoms with van der Waals surface area (Å²) in [6.07, 6.45) is 4.01. The van der Waals surface area contributed by atoms with Crippen molar-refractivity contribution in [3.8, 4) is 5.75 Å². The molecule has 7 nitrogen and oxygen atoms in total. The van der Waals surface area contributed by atoms with Crippen LogP contribution in [0.5, 0.6) is 5.75 Å². The largest absolute Gasteiger partial charge is 0.497 e. The van der Waals surface area contributed by atoms with E-state index >= 15 is 0 Å². The summed E-state index contributed by atoms with van der Waals surface area (Å²) in [4.78, 5) is 15.0. The Kier molecular flexibility index (Phi) is 4.46. The fourth-order valence-electron chi connectivity index (χ4n) is 2.75. The number of hydrogen-bond acceptors (Lipinski definition) is 5. The average molecular weight is 371 g/mol. The Morgan fingerprint density at radius 1 is 1.28 bits per heavy atom. The van der Waals surface area contributed by atoms with Crippen molar-refractivity contribution in [2.45, 2.75) is 30.7 Å². The lowest BCUT2D eigenvalue weighted by atomic mass is 10.1. The van der Waals surface area contributed by atoms with E-state index in [1.54, 1.807) is 9.29 Å². The van der Waals surface area contributed by atoms with Crippen LogP contribution in [-0.2, 0) is 23.0 Å². The second-order valence-corrected chi connectivity index (χ2v) is 7.16. The maximum Gasteiger partial charge on any atom is 0.300 e. The van der Waals surface area contributed by atoms with Crippen molar-refractivity contribution in [1.29, 1.82) is 0 Å². The molecular weight excluding hydrogens is 356 g/mol. The minimum Gasteiger partial charge on any atom is -0.497 e. The molecule has 1 aromatic carbocycles. The van der Waals surface area contributed by atoms with E-state index in [1.165, 1.54) is 13.3 Å². The zero-order valence-electron chi connectivity index (χ0n) is 13.3. The molecule has 0 unspecified atom stereocenters. The number of hydrogen-bond donors (Lipinski definition) is 1. The fraction of sp³-hybridized carbons (Fsp3) is 0.333. The number of rotatable bonds is 4. The first-order chi connectivity index (χ1) is 11.8. The maximum absolute atomic E-state index is 14.0. The van der Waals surface area contributed by atoms with Crippen molar-refractivity contribution in [1.82, 2.24) is 14.3 Å². The number of aromatic nitrogens is 2. The zero-order chi connectivity index (χ0) is 18.2. The van der Waals surface area contributed by atoms with E-state index in [0.717, 1.165) is 37.1 Å². The van der Waals surface area contributed by atoms with E-state index in [2.05, 4.69) is 9.72 Å². The van der Waals surface area contributed by atoms with Crippen LogP contribution in [0.1, 0.15) is 29.2 Å². The number of aryl methyl sites for hydroxylation is 1. The number of benzene rings is 1. The van der Waals surface area contributed by atoms with Crippen molar-refractivity contribution < 1.29 is 26.7 Å². The summed E-state index contributed by atoms with van der Waals surface area (Å²) in [5, 5.41) is 0. The smallest absolute Gasteiger partial charge is 0.300 e. The molecule has 1 aliphatic heterocycles. The van der Waals surface area contributed by atoms with E-state index in [0.29, 0.717) is 6.54 Å². The van der Waals surface area contributed by atoms with Gasteiger partial charge in [0, 0.05) is 30.6 Å². The lowest BCUT2D eigenvalue weighted by molar-refractivity contribution is 0.0966. The molecule has 0 bridgehead atoms. The molecular formula is C15H15F2N3O4S. The number of methoxy groups -OCH3 is 1. The number of ether oxygens (including phenoxy) is 1. The summed E-state index contributed by atoms with van der Waals surface area (Å²) in [6.45, 7) is 0.531. The molecule has 0 saturated carbocycles. The van der Waals surface area contributed by atoms with Crippen LogP contribution < -0.4 is 9.46 Å². The predicted octanol–water partition coefficient (Wildman–Crippen LogP) is 1.62. The van der Waals surface area contributed by atoms with Gasteiger partial charge in [-0.15, -0.1) is 0 Å². The highest BCUT2D eigenvalue weighted by Crippen LogP contribution is 2.24. The lowest BCUT2D eigenvalue weighted by Gasteiger charge is -2.16. The highest BCUT2D eigenvalue weighted by atomic mass is 32.2. The van der Waals surface area contributed by atoms with Crippen LogP contribution in [0.4, 0.5) is 8.78 Å². The van der Waals surface area contributed by atoms with Gasteiger partial charge in [0.2, 0.25) is 0 Å². The summed E-state index contributed by atoms with van der Waals surface area (Å²) in [7, 11) is -3.57. The number of sulfonamides is 1. The third kappa shape index (κ3) is 3.21. The molecule has 0 fully saturated rings. The van der Waals surface area contributed by atoms with Gasteiger partial charge >= 0.3 is 5.91 Å². The molecule has 1 amide bonds.